The monoisotopic (exact) mass is 224 g/mol. The second kappa shape index (κ2) is 7.19. The van der Waals surface area contributed by atoms with E-state index in [-0.39, 0.29) is 72.3 Å². The second-order valence-corrected chi connectivity index (χ2v) is 2.34. The van der Waals surface area contributed by atoms with Gasteiger partial charge in [-0.25, -0.2) is 9.59 Å². The van der Waals surface area contributed by atoms with Crippen molar-refractivity contribution in [2.75, 3.05) is 19.8 Å². The predicted octanol–water partition coefficient (Wildman–Crippen LogP) is -2.36. The van der Waals surface area contributed by atoms with Crippen LogP contribution < -0.4 is 0 Å². The summed E-state index contributed by atoms with van der Waals surface area (Å²) in [6, 6.07) is 0. The Kier molecular flexibility index (Phi) is 8.86. The molecule has 1 rings (SSSR count). The Morgan fingerprint density at radius 1 is 1.07 bits per heavy atom. The Balaban J connectivity index is 0. The van der Waals surface area contributed by atoms with E-state index < -0.39 is 24.1 Å². The fourth-order valence-corrected chi connectivity index (χ4v) is 0.871. The molecule has 1 heterocycles. The molecular formula is C6H10Na2O6. The Hall–Kier alpha value is 0.860. The van der Waals surface area contributed by atoms with E-state index in [1.807, 2.05) is 0 Å². The first-order valence-corrected chi connectivity index (χ1v) is 3.28. The van der Waals surface area contributed by atoms with Crippen LogP contribution >= 0.6 is 0 Å². The molecule has 6 nitrogen and oxygen atoms in total. The van der Waals surface area contributed by atoms with Crippen LogP contribution in [0.25, 0.3) is 0 Å². The van der Waals surface area contributed by atoms with Crippen molar-refractivity contribution in [3.05, 3.63) is 0 Å². The van der Waals surface area contributed by atoms with E-state index in [9.17, 15) is 9.59 Å². The van der Waals surface area contributed by atoms with Gasteiger partial charge in [-0.2, -0.15) is 0 Å². The molecule has 0 radical (unpaired) electrons. The molecule has 0 aromatic carbocycles. The van der Waals surface area contributed by atoms with Gasteiger partial charge < -0.3 is 19.7 Å². The number of rotatable bonds is 2. The molecule has 0 atom stereocenters. The van der Waals surface area contributed by atoms with E-state index in [1.54, 1.807) is 0 Å². The van der Waals surface area contributed by atoms with Gasteiger partial charge >= 0.3 is 71.1 Å². The maximum atomic E-state index is 10.5. The predicted molar refractivity (Wildman–Crippen MR) is 49.1 cm³/mol. The summed E-state index contributed by atoms with van der Waals surface area (Å²) in [6.45, 7) is -0.238. The molecule has 0 aromatic heterocycles. The van der Waals surface area contributed by atoms with Crippen LogP contribution in [0.15, 0.2) is 0 Å². The molecule has 1 fully saturated rings. The Morgan fingerprint density at radius 2 is 1.57 bits per heavy atom. The standard InChI is InChI=1S/C6H8O6.2Na.2H/c7-4(8)6(5(9)10)3-11-1-2-12-6;;;;/h1-3H2,(H,7,8)(H,9,10);;;;. The summed E-state index contributed by atoms with van der Waals surface area (Å²) in [7, 11) is 0. The average molecular weight is 224 g/mol. The Morgan fingerprint density at radius 3 is 1.79 bits per heavy atom. The van der Waals surface area contributed by atoms with Crippen molar-refractivity contribution in [2.24, 2.45) is 0 Å². The van der Waals surface area contributed by atoms with Crippen molar-refractivity contribution in [1.82, 2.24) is 0 Å². The quantitative estimate of drug-likeness (QED) is 0.402. The number of hydrogen-bond acceptors (Lipinski definition) is 4. The number of carboxylic acid groups (broad SMARTS) is 2. The minimum atomic E-state index is -2.21. The summed E-state index contributed by atoms with van der Waals surface area (Å²) in [4.78, 5) is 21.1. The van der Waals surface area contributed by atoms with Crippen molar-refractivity contribution in [3.8, 4) is 0 Å². The zero-order valence-electron chi connectivity index (χ0n) is 6.15. The molecule has 0 aliphatic carbocycles. The third-order valence-corrected chi connectivity index (χ3v) is 1.57. The number of ether oxygens (including phenoxy) is 2. The van der Waals surface area contributed by atoms with E-state index in [4.69, 9.17) is 14.9 Å². The van der Waals surface area contributed by atoms with Gasteiger partial charge in [-0.05, 0) is 0 Å². The Bertz CT molecular complexity index is 196. The van der Waals surface area contributed by atoms with E-state index in [0.717, 1.165) is 0 Å². The van der Waals surface area contributed by atoms with E-state index in [0.29, 0.717) is 0 Å². The van der Waals surface area contributed by atoms with Gasteiger partial charge in [-0.1, -0.05) is 0 Å². The van der Waals surface area contributed by atoms with Gasteiger partial charge in [0.2, 0.25) is 0 Å². The van der Waals surface area contributed by atoms with Gasteiger partial charge in [0.25, 0.3) is 5.60 Å². The van der Waals surface area contributed by atoms with Gasteiger partial charge in [-0.3, -0.25) is 0 Å². The molecule has 8 heteroatoms. The van der Waals surface area contributed by atoms with Gasteiger partial charge in [0.05, 0.1) is 19.8 Å². The van der Waals surface area contributed by atoms with Gasteiger partial charge in [0.15, 0.2) is 0 Å². The van der Waals surface area contributed by atoms with E-state index in [2.05, 4.69) is 4.74 Å². The van der Waals surface area contributed by atoms with Crippen LogP contribution in [0.5, 0.6) is 0 Å². The van der Waals surface area contributed by atoms with Gasteiger partial charge in [0, 0.05) is 0 Å². The van der Waals surface area contributed by atoms with E-state index >= 15 is 0 Å². The second-order valence-electron chi connectivity index (χ2n) is 2.34. The molecule has 0 bridgehead atoms. The summed E-state index contributed by atoms with van der Waals surface area (Å²) in [6.07, 6.45) is 0. The molecule has 0 unspecified atom stereocenters. The zero-order valence-corrected chi connectivity index (χ0v) is 6.15. The van der Waals surface area contributed by atoms with Crippen LogP contribution in [0, 0.1) is 0 Å². The molecular weight excluding hydrogens is 214 g/mol. The van der Waals surface area contributed by atoms with Crippen LogP contribution in [0.4, 0.5) is 0 Å². The summed E-state index contributed by atoms with van der Waals surface area (Å²) in [5, 5.41) is 17.1. The maximum absolute atomic E-state index is 10.5. The van der Waals surface area contributed by atoms with Crippen LogP contribution in [0.1, 0.15) is 0 Å². The molecule has 14 heavy (non-hydrogen) atoms. The third kappa shape index (κ3) is 3.46. The Labute approximate surface area is 125 Å². The number of carbonyl (C=O) groups is 2. The van der Waals surface area contributed by atoms with Crippen LogP contribution in [0.2, 0.25) is 0 Å². The van der Waals surface area contributed by atoms with Crippen molar-refractivity contribution < 1.29 is 29.3 Å². The summed E-state index contributed by atoms with van der Waals surface area (Å²) in [5.41, 5.74) is -2.21. The van der Waals surface area contributed by atoms with Crippen LogP contribution in [0.3, 0.4) is 0 Å². The zero-order chi connectivity index (χ0) is 9.19. The van der Waals surface area contributed by atoms with Crippen molar-refractivity contribution >= 4 is 71.1 Å². The van der Waals surface area contributed by atoms with Crippen LogP contribution in [-0.2, 0) is 19.1 Å². The summed E-state index contributed by atoms with van der Waals surface area (Å²) >= 11 is 0. The average Bonchev–Trinajstić information content (AvgIpc) is 2.05. The SMILES string of the molecule is O=C(O)C1(C(=O)O)COCCO1.[NaH].[NaH]. The molecule has 1 saturated heterocycles. The summed E-state index contributed by atoms with van der Waals surface area (Å²) in [5.74, 6) is -3.07. The fourth-order valence-electron chi connectivity index (χ4n) is 0.871. The number of carboxylic acids is 2. The summed E-state index contributed by atoms with van der Waals surface area (Å²) < 4.78 is 9.39. The van der Waals surface area contributed by atoms with Crippen LogP contribution in [-0.4, -0.2) is 107 Å². The first kappa shape index (κ1) is 17.3. The molecule has 2 N–H and O–H groups in total. The molecule has 0 saturated carbocycles. The van der Waals surface area contributed by atoms with Gasteiger partial charge in [-0.15, -0.1) is 0 Å². The molecule has 1 aliphatic rings. The molecule has 0 spiro atoms. The fraction of sp³-hybridized carbons (Fsp3) is 0.667. The molecule has 0 aromatic rings. The van der Waals surface area contributed by atoms with Gasteiger partial charge in [0.1, 0.15) is 0 Å². The first-order valence-electron chi connectivity index (χ1n) is 3.28. The third-order valence-electron chi connectivity index (χ3n) is 1.57. The minimum absolute atomic E-state index is 0. The molecule has 1 aliphatic heterocycles. The normalized spacial score (nSPS) is 18.6. The van der Waals surface area contributed by atoms with Crippen molar-refractivity contribution in [2.45, 2.75) is 5.60 Å². The number of aliphatic carboxylic acids is 2. The van der Waals surface area contributed by atoms with Crippen molar-refractivity contribution in [3.63, 3.8) is 0 Å². The molecule has 72 valence electrons. The van der Waals surface area contributed by atoms with E-state index in [1.165, 1.54) is 0 Å². The van der Waals surface area contributed by atoms with Crippen molar-refractivity contribution in [1.29, 1.82) is 0 Å². The first-order chi connectivity index (χ1) is 5.59. The number of hydrogen-bond donors (Lipinski definition) is 2. The topological polar surface area (TPSA) is 93.1 Å². The molecule has 0 amide bonds.